The van der Waals surface area contributed by atoms with E-state index >= 15 is 0 Å². The quantitative estimate of drug-likeness (QED) is 0.798. The Hall–Kier alpha value is -2.84. The van der Waals surface area contributed by atoms with E-state index in [0.717, 1.165) is 0 Å². The first kappa shape index (κ1) is 18.5. The fraction of sp³-hybridized carbons (Fsp3) is 0.500. The highest BCUT2D eigenvalue weighted by atomic mass is 16.6. The lowest BCUT2D eigenvalue weighted by Gasteiger charge is -2.19. The molecule has 0 atom stereocenters. The average molecular weight is 350 g/mol. The zero-order chi connectivity index (χ0) is 18.8. The predicted molar refractivity (Wildman–Crippen MR) is 90.6 cm³/mol. The number of hydrogen-bond donors (Lipinski definition) is 2. The predicted octanol–water partition coefficient (Wildman–Crippen LogP) is 1.09. The largest absolute Gasteiger partial charge is 0.444 e. The van der Waals surface area contributed by atoms with Crippen molar-refractivity contribution in [3.8, 4) is 0 Å². The van der Waals surface area contributed by atoms with Crippen molar-refractivity contribution < 1.29 is 18.7 Å². The number of carbonyl (C=O) groups is 2. The summed E-state index contributed by atoms with van der Waals surface area (Å²) in [7, 11) is 1.55. The van der Waals surface area contributed by atoms with Gasteiger partial charge in [-0.25, -0.2) is 9.78 Å². The van der Waals surface area contributed by atoms with Crippen LogP contribution in [0.5, 0.6) is 0 Å². The zero-order valence-corrected chi connectivity index (χ0v) is 14.9. The van der Waals surface area contributed by atoms with Gasteiger partial charge in [0.25, 0.3) is 11.5 Å². The molecule has 0 aliphatic carbocycles. The molecule has 2 N–H and O–H groups in total. The number of fused-ring (bicyclic) bond motifs is 1. The first-order valence-electron chi connectivity index (χ1n) is 7.80. The van der Waals surface area contributed by atoms with Gasteiger partial charge in [0.2, 0.25) is 5.71 Å². The van der Waals surface area contributed by atoms with E-state index < -0.39 is 17.6 Å². The average Bonchev–Trinajstić information content (AvgIpc) is 2.82. The molecule has 0 unspecified atom stereocenters. The number of nitrogens with zero attached hydrogens (tertiary/aromatic N) is 2. The second kappa shape index (κ2) is 6.96. The molecule has 2 aromatic heterocycles. The second-order valence-electron chi connectivity index (χ2n) is 6.56. The summed E-state index contributed by atoms with van der Waals surface area (Å²) in [6, 6.07) is 0. The van der Waals surface area contributed by atoms with Gasteiger partial charge in [0.1, 0.15) is 23.1 Å². The molecule has 2 amide bonds. The Kier molecular flexibility index (Phi) is 5.15. The number of furan rings is 1. The van der Waals surface area contributed by atoms with E-state index in [1.807, 2.05) is 0 Å². The molecule has 9 heteroatoms. The molecule has 0 spiro atoms. The van der Waals surface area contributed by atoms with Gasteiger partial charge in [0.05, 0.1) is 5.56 Å². The summed E-state index contributed by atoms with van der Waals surface area (Å²) >= 11 is 0. The molecule has 0 saturated heterocycles. The SMILES string of the molecule is Cc1oc2ncn(C)c(=O)c2c1C(=O)NCCNC(=O)OC(C)(C)C. The summed E-state index contributed by atoms with van der Waals surface area (Å²) in [4.78, 5) is 40.1. The molecule has 0 radical (unpaired) electrons. The molecule has 0 aliphatic heterocycles. The number of nitrogens with one attached hydrogen (secondary N) is 2. The molecule has 136 valence electrons. The van der Waals surface area contributed by atoms with Gasteiger partial charge < -0.3 is 24.4 Å². The highest BCUT2D eigenvalue weighted by molar-refractivity contribution is 6.06. The van der Waals surface area contributed by atoms with Gasteiger partial charge in [-0.1, -0.05) is 0 Å². The molecule has 0 aliphatic rings. The monoisotopic (exact) mass is 350 g/mol. The molecule has 2 heterocycles. The Bertz CT molecular complexity index is 860. The van der Waals surface area contributed by atoms with Gasteiger partial charge >= 0.3 is 6.09 Å². The van der Waals surface area contributed by atoms with Gasteiger partial charge in [-0.2, -0.15) is 0 Å². The van der Waals surface area contributed by atoms with Crippen molar-refractivity contribution in [2.24, 2.45) is 7.05 Å². The Morgan fingerprint density at radius 1 is 1.28 bits per heavy atom. The number of aryl methyl sites for hydroxylation is 2. The van der Waals surface area contributed by atoms with E-state index in [4.69, 9.17) is 9.15 Å². The fourth-order valence-electron chi connectivity index (χ4n) is 2.20. The highest BCUT2D eigenvalue weighted by Crippen LogP contribution is 2.20. The van der Waals surface area contributed by atoms with Gasteiger partial charge in [-0.3, -0.25) is 9.59 Å². The van der Waals surface area contributed by atoms with Crippen molar-refractivity contribution in [3.05, 3.63) is 28.0 Å². The van der Waals surface area contributed by atoms with Crippen LogP contribution in [0.15, 0.2) is 15.5 Å². The van der Waals surface area contributed by atoms with Crippen molar-refractivity contribution in [2.45, 2.75) is 33.3 Å². The van der Waals surface area contributed by atoms with Crippen molar-refractivity contribution in [2.75, 3.05) is 13.1 Å². The first-order chi connectivity index (χ1) is 11.6. The number of aromatic nitrogens is 2. The van der Waals surface area contributed by atoms with Crippen LogP contribution in [0.4, 0.5) is 4.79 Å². The standard InChI is InChI=1S/C16H22N4O5/c1-9-10(11-13(24-9)19-8-20(5)14(11)22)12(21)17-6-7-18-15(23)25-16(2,3)4/h8H,6-7H2,1-5H3,(H,17,21)(H,18,23). The molecule has 2 rings (SSSR count). The van der Waals surface area contributed by atoms with Crippen LogP contribution < -0.4 is 16.2 Å². The summed E-state index contributed by atoms with van der Waals surface area (Å²) < 4.78 is 11.7. The van der Waals surface area contributed by atoms with Gasteiger partial charge in [-0.15, -0.1) is 0 Å². The minimum absolute atomic E-state index is 0.123. The maximum atomic E-state index is 12.4. The molecule has 9 nitrogen and oxygen atoms in total. The normalized spacial score (nSPS) is 11.4. The van der Waals surface area contributed by atoms with E-state index in [0.29, 0.717) is 5.76 Å². The topological polar surface area (TPSA) is 115 Å². The van der Waals surface area contributed by atoms with Crippen LogP contribution in [0.1, 0.15) is 36.9 Å². The zero-order valence-electron chi connectivity index (χ0n) is 14.9. The molecule has 0 bridgehead atoms. The van der Waals surface area contributed by atoms with Crippen molar-refractivity contribution in [1.29, 1.82) is 0 Å². The number of carbonyl (C=O) groups excluding carboxylic acids is 2. The molecular formula is C16H22N4O5. The highest BCUT2D eigenvalue weighted by Gasteiger charge is 2.22. The number of hydrogen-bond acceptors (Lipinski definition) is 6. The summed E-state index contributed by atoms with van der Waals surface area (Å²) in [5, 5.41) is 5.31. The third kappa shape index (κ3) is 4.37. The van der Waals surface area contributed by atoms with Gasteiger partial charge in [0.15, 0.2) is 0 Å². The lowest BCUT2D eigenvalue weighted by Crippen LogP contribution is -2.38. The third-order valence-electron chi connectivity index (χ3n) is 3.25. The van der Waals surface area contributed by atoms with Crippen molar-refractivity contribution >= 4 is 23.1 Å². The maximum Gasteiger partial charge on any atom is 0.407 e. The Morgan fingerprint density at radius 3 is 2.56 bits per heavy atom. The summed E-state index contributed by atoms with van der Waals surface area (Å²) in [5.74, 6) is -0.157. The summed E-state index contributed by atoms with van der Waals surface area (Å²) in [6.07, 6.45) is 0.768. The van der Waals surface area contributed by atoms with Crippen molar-refractivity contribution in [1.82, 2.24) is 20.2 Å². The summed E-state index contributed by atoms with van der Waals surface area (Å²) in [5.41, 5.74) is -0.676. The first-order valence-corrected chi connectivity index (χ1v) is 7.80. The van der Waals surface area contributed by atoms with Crippen LogP contribution in [0.25, 0.3) is 11.1 Å². The van der Waals surface area contributed by atoms with E-state index in [-0.39, 0.29) is 35.3 Å². The van der Waals surface area contributed by atoms with Gasteiger partial charge in [0, 0.05) is 20.1 Å². The van der Waals surface area contributed by atoms with Gasteiger partial charge in [-0.05, 0) is 27.7 Å². The van der Waals surface area contributed by atoms with E-state index in [2.05, 4.69) is 15.6 Å². The van der Waals surface area contributed by atoms with E-state index in [9.17, 15) is 14.4 Å². The maximum absolute atomic E-state index is 12.4. The molecular weight excluding hydrogens is 328 g/mol. The molecule has 25 heavy (non-hydrogen) atoms. The molecule has 0 aromatic carbocycles. The van der Waals surface area contributed by atoms with Crippen LogP contribution in [-0.4, -0.2) is 40.2 Å². The molecule has 2 aromatic rings. The molecule has 0 saturated carbocycles. The number of rotatable bonds is 4. The van der Waals surface area contributed by atoms with E-state index in [1.165, 1.54) is 10.9 Å². The number of ether oxygens (including phenoxy) is 1. The fourth-order valence-corrected chi connectivity index (χ4v) is 2.20. The minimum atomic E-state index is -0.590. The van der Waals surface area contributed by atoms with Crippen molar-refractivity contribution in [3.63, 3.8) is 0 Å². The van der Waals surface area contributed by atoms with Crippen LogP contribution >= 0.6 is 0 Å². The smallest absolute Gasteiger partial charge is 0.407 e. The lowest BCUT2D eigenvalue weighted by molar-refractivity contribution is 0.0526. The minimum Gasteiger partial charge on any atom is -0.444 e. The number of alkyl carbamates (subject to hydrolysis) is 1. The van der Waals surface area contributed by atoms with Crippen LogP contribution in [0.3, 0.4) is 0 Å². The number of amides is 2. The Labute approximate surface area is 144 Å². The molecule has 0 fully saturated rings. The van der Waals surface area contributed by atoms with Crippen LogP contribution in [-0.2, 0) is 11.8 Å². The van der Waals surface area contributed by atoms with E-state index in [1.54, 1.807) is 34.7 Å². The summed E-state index contributed by atoms with van der Waals surface area (Å²) in [6.45, 7) is 7.23. The second-order valence-corrected chi connectivity index (χ2v) is 6.56. The lowest BCUT2D eigenvalue weighted by atomic mass is 10.2. The third-order valence-corrected chi connectivity index (χ3v) is 3.25. The Morgan fingerprint density at radius 2 is 1.92 bits per heavy atom. The van der Waals surface area contributed by atoms with Crippen LogP contribution in [0, 0.1) is 6.92 Å². The van der Waals surface area contributed by atoms with Crippen LogP contribution in [0.2, 0.25) is 0 Å². The Balaban J connectivity index is 2.02.